The highest BCUT2D eigenvalue weighted by Crippen LogP contribution is 2.20. The summed E-state index contributed by atoms with van der Waals surface area (Å²) in [5.41, 5.74) is 6.04. The molecule has 2 atom stereocenters. The van der Waals surface area contributed by atoms with Gasteiger partial charge in [-0.2, -0.15) is 0 Å². The Morgan fingerprint density at radius 2 is 1.84 bits per heavy atom. The summed E-state index contributed by atoms with van der Waals surface area (Å²) in [6.07, 6.45) is 1.03. The Morgan fingerprint density at radius 3 is 2.26 bits per heavy atom. The first-order valence-corrected chi connectivity index (χ1v) is 6.86. The number of nitrogens with two attached hydrogens (primary N) is 1. The summed E-state index contributed by atoms with van der Waals surface area (Å²) in [4.78, 5) is 25.2. The third kappa shape index (κ3) is 7.82. The molecule has 19 heavy (non-hydrogen) atoms. The zero-order chi connectivity index (χ0) is 15.2. The Labute approximate surface area is 116 Å². The second-order valence-electron chi connectivity index (χ2n) is 6.37. The van der Waals surface area contributed by atoms with Crippen LogP contribution in [0.15, 0.2) is 0 Å². The first-order valence-electron chi connectivity index (χ1n) is 6.86. The van der Waals surface area contributed by atoms with Gasteiger partial charge in [-0.1, -0.05) is 20.8 Å². The number of likely N-dealkylation sites (N-methyl/N-ethyl adjacent to an activating group) is 1. The van der Waals surface area contributed by atoms with Gasteiger partial charge in [0.15, 0.2) is 0 Å². The fourth-order valence-electron chi connectivity index (χ4n) is 1.95. The topological polar surface area (TPSA) is 75.4 Å². The molecule has 0 aromatic carbocycles. The Bertz CT molecular complexity index is 310. The maximum absolute atomic E-state index is 11.8. The molecule has 5 nitrogen and oxygen atoms in total. The van der Waals surface area contributed by atoms with Gasteiger partial charge in [-0.25, -0.2) is 0 Å². The molecule has 0 bridgehead atoms. The van der Waals surface area contributed by atoms with E-state index in [0.29, 0.717) is 6.54 Å². The van der Waals surface area contributed by atoms with Crippen LogP contribution in [0.25, 0.3) is 0 Å². The van der Waals surface area contributed by atoms with Crippen molar-refractivity contribution < 1.29 is 9.59 Å². The molecular weight excluding hydrogens is 242 g/mol. The molecule has 0 aromatic heterocycles. The largest absolute Gasteiger partial charge is 0.345 e. The molecule has 0 heterocycles. The molecule has 0 spiro atoms. The third-order valence-corrected chi connectivity index (χ3v) is 2.92. The van der Waals surface area contributed by atoms with E-state index < -0.39 is 6.04 Å². The smallest absolute Gasteiger partial charge is 0.244 e. The van der Waals surface area contributed by atoms with E-state index in [9.17, 15) is 9.59 Å². The summed E-state index contributed by atoms with van der Waals surface area (Å²) >= 11 is 0. The van der Waals surface area contributed by atoms with Crippen LogP contribution in [0.2, 0.25) is 0 Å². The number of nitrogens with zero attached hydrogens (tertiary/aromatic N) is 1. The van der Waals surface area contributed by atoms with Crippen molar-refractivity contribution in [2.75, 3.05) is 13.6 Å². The van der Waals surface area contributed by atoms with Crippen LogP contribution in [-0.2, 0) is 9.59 Å². The first-order chi connectivity index (χ1) is 8.56. The van der Waals surface area contributed by atoms with Gasteiger partial charge in [0.2, 0.25) is 11.8 Å². The molecule has 0 rings (SSSR count). The van der Waals surface area contributed by atoms with Crippen LogP contribution in [0.5, 0.6) is 0 Å². The van der Waals surface area contributed by atoms with E-state index in [4.69, 9.17) is 5.73 Å². The lowest BCUT2D eigenvalue weighted by Gasteiger charge is -2.24. The van der Waals surface area contributed by atoms with Crippen molar-refractivity contribution in [3.05, 3.63) is 0 Å². The van der Waals surface area contributed by atoms with Crippen LogP contribution >= 0.6 is 0 Å². The normalized spacial score (nSPS) is 14.7. The number of hydrogen-bond donors (Lipinski definition) is 2. The lowest BCUT2D eigenvalue weighted by molar-refractivity contribution is -0.134. The van der Waals surface area contributed by atoms with Gasteiger partial charge < -0.3 is 16.0 Å². The molecule has 0 aromatic rings. The van der Waals surface area contributed by atoms with E-state index in [1.54, 1.807) is 18.9 Å². The van der Waals surface area contributed by atoms with Crippen LogP contribution in [0, 0.1) is 5.41 Å². The maximum Gasteiger partial charge on any atom is 0.244 e. The van der Waals surface area contributed by atoms with Gasteiger partial charge in [-0.15, -0.1) is 0 Å². The molecule has 5 heteroatoms. The van der Waals surface area contributed by atoms with Crippen LogP contribution < -0.4 is 11.1 Å². The van der Waals surface area contributed by atoms with Crippen molar-refractivity contribution in [2.24, 2.45) is 11.1 Å². The van der Waals surface area contributed by atoms with E-state index in [1.165, 1.54) is 0 Å². The zero-order valence-electron chi connectivity index (χ0n) is 13.1. The fourth-order valence-corrected chi connectivity index (χ4v) is 1.95. The average molecular weight is 271 g/mol. The molecule has 0 saturated heterocycles. The van der Waals surface area contributed by atoms with E-state index in [2.05, 4.69) is 26.1 Å². The quantitative estimate of drug-likeness (QED) is 0.760. The van der Waals surface area contributed by atoms with Crippen molar-refractivity contribution in [1.82, 2.24) is 10.2 Å². The minimum absolute atomic E-state index is 0.0831. The monoisotopic (exact) mass is 271 g/mol. The van der Waals surface area contributed by atoms with E-state index >= 15 is 0 Å². The second kappa shape index (κ2) is 7.48. The Kier molecular flexibility index (Phi) is 7.05. The van der Waals surface area contributed by atoms with E-state index in [0.717, 1.165) is 6.42 Å². The maximum atomic E-state index is 11.8. The molecule has 0 radical (unpaired) electrons. The predicted octanol–water partition coefficient (Wildman–Crippen LogP) is 1.12. The van der Waals surface area contributed by atoms with Crippen molar-refractivity contribution in [2.45, 2.75) is 59.5 Å². The molecule has 3 N–H and O–H groups in total. The van der Waals surface area contributed by atoms with Gasteiger partial charge in [-0.3, -0.25) is 9.59 Å². The van der Waals surface area contributed by atoms with Gasteiger partial charge in [0.05, 0.1) is 0 Å². The summed E-state index contributed by atoms with van der Waals surface area (Å²) in [6.45, 7) is 10.5. The van der Waals surface area contributed by atoms with Crippen molar-refractivity contribution in [3.63, 3.8) is 0 Å². The third-order valence-electron chi connectivity index (χ3n) is 2.92. The minimum atomic E-state index is -0.501. The molecule has 0 saturated carbocycles. The highest BCUT2D eigenvalue weighted by Gasteiger charge is 2.21. The molecule has 0 aliphatic heterocycles. The van der Waals surface area contributed by atoms with E-state index in [1.807, 2.05) is 6.92 Å². The number of carbonyl (C=O) groups is 2. The van der Waals surface area contributed by atoms with Crippen molar-refractivity contribution in [3.8, 4) is 0 Å². The Morgan fingerprint density at radius 1 is 1.32 bits per heavy atom. The lowest BCUT2D eigenvalue weighted by Crippen LogP contribution is -2.46. The number of carbonyl (C=O) groups excluding carboxylic acids is 2. The number of rotatable bonds is 6. The number of nitrogens with one attached hydrogen (secondary N) is 1. The van der Waals surface area contributed by atoms with E-state index in [-0.39, 0.29) is 29.7 Å². The molecule has 0 aliphatic rings. The molecule has 2 amide bonds. The predicted molar refractivity (Wildman–Crippen MR) is 77.6 cm³/mol. The number of hydrogen-bond acceptors (Lipinski definition) is 3. The first kappa shape index (κ1) is 17.9. The van der Waals surface area contributed by atoms with Gasteiger partial charge in [0.25, 0.3) is 0 Å². The summed E-state index contributed by atoms with van der Waals surface area (Å²) in [5.74, 6) is -0.248. The van der Waals surface area contributed by atoms with Crippen LogP contribution in [0.4, 0.5) is 0 Å². The highest BCUT2D eigenvalue weighted by molar-refractivity contribution is 5.87. The second-order valence-corrected chi connectivity index (χ2v) is 6.37. The van der Waals surface area contributed by atoms with Gasteiger partial charge in [-0.05, 0) is 25.7 Å². The SMILES string of the molecule is CCN(C)C(=O)C(C)NC(=O)CC(N)CC(C)(C)C. The standard InChI is InChI=1S/C14H29N3O2/c1-7-17(6)13(19)10(2)16-12(18)8-11(15)9-14(3,4)5/h10-11H,7-9,15H2,1-6H3,(H,16,18). The van der Waals surface area contributed by atoms with Crippen LogP contribution in [0.3, 0.4) is 0 Å². The molecule has 0 fully saturated rings. The van der Waals surface area contributed by atoms with Gasteiger partial charge >= 0.3 is 0 Å². The molecule has 0 aliphatic carbocycles. The Hall–Kier alpha value is -1.10. The van der Waals surface area contributed by atoms with Crippen molar-refractivity contribution in [1.29, 1.82) is 0 Å². The molecular formula is C14H29N3O2. The summed E-state index contributed by atoms with van der Waals surface area (Å²) in [6, 6.07) is -0.675. The lowest BCUT2D eigenvalue weighted by atomic mass is 9.87. The molecule has 2 unspecified atom stereocenters. The van der Waals surface area contributed by atoms with Crippen LogP contribution in [0.1, 0.15) is 47.5 Å². The highest BCUT2D eigenvalue weighted by atomic mass is 16.2. The summed E-state index contributed by atoms with van der Waals surface area (Å²) in [5, 5.41) is 2.70. The Balaban J connectivity index is 4.21. The summed E-state index contributed by atoms with van der Waals surface area (Å²) in [7, 11) is 1.72. The fraction of sp³-hybridized carbons (Fsp3) is 0.857. The van der Waals surface area contributed by atoms with Gasteiger partial charge in [0, 0.05) is 26.1 Å². The number of amides is 2. The zero-order valence-corrected chi connectivity index (χ0v) is 13.1. The minimum Gasteiger partial charge on any atom is -0.345 e. The van der Waals surface area contributed by atoms with Gasteiger partial charge in [0.1, 0.15) is 6.04 Å². The van der Waals surface area contributed by atoms with Crippen LogP contribution in [-0.4, -0.2) is 42.4 Å². The van der Waals surface area contributed by atoms with Crippen molar-refractivity contribution >= 4 is 11.8 Å². The summed E-state index contributed by atoms with van der Waals surface area (Å²) < 4.78 is 0. The molecule has 112 valence electrons. The average Bonchev–Trinajstić information content (AvgIpc) is 2.23.